The molecule has 2 aromatic rings. The molecule has 0 radical (unpaired) electrons. The quantitative estimate of drug-likeness (QED) is 0.927. The maximum atomic E-state index is 5.03. The van der Waals surface area contributed by atoms with Gasteiger partial charge in [0.15, 0.2) is 5.82 Å². The molecule has 6 heteroatoms. The van der Waals surface area contributed by atoms with Crippen molar-refractivity contribution in [2.24, 2.45) is 0 Å². The van der Waals surface area contributed by atoms with Gasteiger partial charge in [-0.2, -0.15) is 4.98 Å². The van der Waals surface area contributed by atoms with Crippen LogP contribution in [0.3, 0.4) is 0 Å². The van der Waals surface area contributed by atoms with E-state index in [1.165, 1.54) is 25.7 Å². The number of anilines is 3. The number of nitrogens with zero attached hydrogens (tertiary/aromatic N) is 4. The monoisotopic (exact) mass is 273 g/mol. The van der Waals surface area contributed by atoms with Crippen molar-refractivity contribution >= 4 is 17.6 Å². The normalized spacial score (nSPS) is 15.9. The standard InChI is InChI=1S/C14H19N5O/c1-11-10-13(18-20-11)16-12-6-7-15-14(17-12)19-8-4-2-3-5-9-19/h6-7,10H,2-5,8-9H2,1H3,(H,15,16,17,18). The Balaban J connectivity index is 1.74. The first kappa shape index (κ1) is 12.9. The minimum absolute atomic E-state index is 0.669. The Kier molecular flexibility index (Phi) is 3.80. The Morgan fingerprint density at radius 2 is 1.95 bits per heavy atom. The number of hydrogen-bond donors (Lipinski definition) is 1. The second-order valence-electron chi connectivity index (χ2n) is 5.09. The van der Waals surface area contributed by atoms with E-state index in [1.807, 2.05) is 19.1 Å². The van der Waals surface area contributed by atoms with Gasteiger partial charge >= 0.3 is 0 Å². The summed E-state index contributed by atoms with van der Waals surface area (Å²) in [5.74, 6) is 2.97. The van der Waals surface area contributed by atoms with Crippen molar-refractivity contribution in [1.82, 2.24) is 15.1 Å². The largest absolute Gasteiger partial charge is 0.360 e. The molecule has 20 heavy (non-hydrogen) atoms. The van der Waals surface area contributed by atoms with Crippen LogP contribution in [0.1, 0.15) is 31.4 Å². The minimum atomic E-state index is 0.669. The summed E-state index contributed by atoms with van der Waals surface area (Å²) >= 11 is 0. The molecule has 3 heterocycles. The van der Waals surface area contributed by atoms with E-state index in [4.69, 9.17) is 4.52 Å². The van der Waals surface area contributed by atoms with E-state index in [1.54, 1.807) is 6.20 Å². The van der Waals surface area contributed by atoms with Crippen LogP contribution in [0, 0.1) is 6.92 Å². The number of aryl methyl sites for hydroxylation is 1. The molecule has 0 atom stereocenters. The summed E-state index contributed by atoms with van der Waals surface area (Å²) in [6.45, 7) is 3.93. The van der Waals surface area contributed by atoms with Crippen LogP contribution in [0.25, 0.3) is 0 Å². The lowest BCUT2D eigenvalue weighted by Crippen LogP contribution is -2.26. The molecule has 1 aliphatic heterocycles. The highest BCUT2D eigenvalue weighted by Gasteiger charge is 2.13. The van der Waals surface area contributed by atoms with Crippen LogP contribution in [-0.4, -0.2) is 28.2 Å². The average Bonchev–Trinajstić information content (AvgIpc) is 2.71. The molecule has 6 nitrogen and oxygen atoms in total. The first-order valence-electron chi connectivity index (χ1n) is 7.09. The van der Waals surface area contributed by atoms with Gasteiger partial charge in [-0.25, -0.2) is 4.98 Å². The molecule has 2 aromatic heterocycles. The number of rotatable bonds is 3. The lowest BCUT2D eigenvalue weighted by Gasteiger charge is -2.20. The van der Waals surface area contributed by atoms with E-state index in [0.717, 1.165) is 30.6 Å². The molecule has 0 amide bonds. The highest BCUT2D eigenvalue weighted by atomic mass is 16.5. The Morgan fingerprint density at radius 1 is 1.15 bits per heavy atom. The third-order valence-electron chi connectivity index (χ3n) is 3.42. The fourth-order valence-corrected chi connectivity index (χ4v) is 2.40. The van der Waals surface area contributed by atoms with Crippen molar-refractivity contribution in [2.45, 2.75) is 32.6 Å². The Labute approximate surface area is 118 Å². The van der Waals surface area contributed by atoms with Gasteiger partial charge < -0.3 is 14.7 Å². The van der Waals surface area contributed by atoms with Crippen molar-refractivity contribution in [2.75, 3.05) is 23.3 Å². The molecule has 1 fully saturated rings. The molecule has 0 unspecified atom stereocenters. The Morgan fingerprint density at radius 3 is 2.65 bits per heavy atom. The molecule has 1 N–H and O–H groups in total. The van der Waals surface area contributed by atoms with E-state index in [-0.39, 0.29) is 0 Å². The average molecular weight is 273 g/mol. The third-order valence-corrected chi connectivity index (χ3v) is 3.42. The highest BCUT2D eigenvalue weighted by Crippen LogP contribution is 2.19. The molecule has 106 valence electrons. The Bertz CT molecular complexity index is 560. The molecular weight excluding hydrogens is 254 g/mol. The van der Waals surface area contributed by atoms with Gasteiger partial charge in [-0.1, -0.05) is 18.0 Å². The van der Waals surface area contributed by atoms with Gasteiger partial charge in [0.05, 0.1) is 0 Å². The second kappa shape index (κ2) is 5.90. The topological polar surface area (TPSA) is 67.1 Å². The summed E-state index contributed by atoms with van der Waals surface area (Å²) in [5, 5.41) is 7.05. The first-order valence-corrected chi connectivity index (χ1v) is 7.09. The van der Waals surface area contributed by atoms with E-state index in [9.17, 15) is 0 Å². The van der Waals surface area contributed by atoms with E-state index < -0.39 is 0 Å². The minimum Gasteiger partial charge on any atom is -0.360 e. The van der Waals surface area contributed by atoms with Crippen LogP contribution in [0.15, 0.2) is 22.9 Å². The smallest absolute Gasteiger partial charge is 0.227 e. The molecule has 0 aliphatic carbocycles. The van der Waals surface area contributed by atoms with Gasteiger partial charge in [-0.15, -0.1) is 0 Å². The van der Waals surface area contributed by atoms with E-state index >= 15 is 0 Å². The molecule has 0 saturated carbocycles. The van der Waals surface area contributed by atoms with Crippen molar-refractivity contribution < 1.29 is 4.52 Å². The van der Waals surface area contributed by atoms with Crippen LogP contribution in [0.2, 0.25) is 0 Å². The zero-order valence-corrected chi connectivity index (χ0v) is 11.7. The predicted octanol–water partition coefficient (Wildman–Crippen LogP) is 2.90. The second-order valence-corrected chi connectivity index (χ2v) is 5.09. The lowest BCUT2D eigenvalue weighted by atomic mass is 10.2. The predicted molar refractivity (Wildman–Crippen MR) is 77.2 cm³/mol. The maximum Gasteiger partial charge on any atom is 0.227 e. The lowest BCUT2D eigenvalue weighted by molar-refractivity contribution is 0.400. The zero-order valence-electron chi connectivity index (χ0n) is 11.7. The van der Waals surface area contributed by atoms with Gasteiger partial charge in [-0.05, 0) is 25.8 Å². The molecule has 1 saturated heterocycles. The number of hydrogen-bond acceptors (Lipinski definition) is 6. The van der Waals surface area contributed by atoms with Gasteiger partial charge in [-0.3, -0.25) is 0 Å². The van der Waals surface area contributed by atoms with Gasteiger partial charge in [0.2, 0.25) is 5.95 Å². The van der Waals surface area contributed by atoms with Gasteiger partial charge in [0.25, 0.3) is 0 Å². The first-order chi connectivity index (χ1) is 9.81. The summed E-state index contributed by atoms with van der Waals surface area (Å²) in [4.78, 5) is 11.2. The number of aromatic nitrogens is 3. The maximum absolute atomic E-state index is 5.03. The van der Waals surface area contributed by atoms with E-state index in [0.29, 0.717) is 5.82 Å². The van der Waals surface area contributed by atoms with Crippen molar-refractivity contribution in [1.29, 1.82) is 0 Å². The SMILES string of the molecule is Cc1cc(Nc2ccnc(N3CCCCCC3)n2)no1. The molecule has 0 aromatic carbocycles. The zero-order chi connectivity index (χ0) is 13.8. The third kappa shape index (κ3) is 3.07. The molecule has 1 aliphatic rings. The van der Waals surface area contributed by atoms with Gasteiger partial charge in [0.1, 0.15) is 11.6 Å². The molecule has 3 rings (SSSR count). The van der Waals surface area contributed by atoms with E-state index in [2.05, 4.69) is 25.3 Å². The van der Waals surface area contributed by atoms with Crippen LogP contribution in [0.5, 0.6) is 0 Å². The van der Waals surface area contributed by atoms with Crippen LogP contribution in [-0.2, 0) is 0 Å². The van der Waals surface area contributed by atoms with Crippen LogP contribution in [0.4, 0.5) is 17.6 Å². The number of nitrogens with one attached hydrogen (secondary N) is 1. The molecule has 0 bridgehead atoms. The summed E-state index contributed by atoms with van der Waals surface area (Å²) < 4.78 is 5.03. The summed E-state index contributed by atoms with van der Waals surface area (Å²) in [6, 6.07) is 3.68. The van der Waals surface area contributed by atoms with Crippen LogP contribution < -0.4 is 10.2 Å². The summed E-state index contributed by atoms with van der Waals surface area (Å²) in [7, 11) is 0. The van der Waals surface area contributed by atoms with Crippen LogP contribution >= 0.6 is 0 Å². The molecule has 0 spiro atoms. The van der Waals surface area contributed by atoms with Gasteiger partial charge in [0, 0.05) is 25.4 Å². The molecular formula is C14H19N5O. The fraction of sp³-hybridized carbons (Fsp3) is 0.500. The summed E-state index contributed by atoms with van der Waals surface area (Å²) in [5.41, 5.74) is 0. The van der Waals surface area contributed by atoms with Crippen molar-refractivity contribution in [3.05, 3.63) is 24.1 Å². The van der Waals surface area contributed by atoms with Crippen molar-refractivity contribution in [3.8, 4) is 0 Å². The Hall–Kier alpha value is -2.11. The summed E-state index contributed by atoms with van der Waals surface area (Å²) in [6.07, 6.45) is 6.80. The highest BCUT2D eigenvalue weighted by molar-refractivity contribution is 5.52. The fourth-order valence-electron chi connectivity index (χ4n) is 2.40. The van der Waals surface area contributed by atoms with Crippen molar-refractivity contribution in [3.63, 3.8) is 0 Å².